The largest absolute Gasteiger partial charge is 0.508 e. The number of aromatic hydroxyl groups is 1. The fourth-order valence-electron chi connectivity index (χ4n) is 1.68. The Kier molecular flexibility index (Phi) is 3.66. The number of rotatable bonds is 3. The van der Waals surface area contributed by atoms with Crippen LogP contribution in [0.5, 0.6) is 11.5 Å². The van der Waals surface area contributed by atoms with E-state index in [4.69, 9.17) is 4.74 Å². The molecule has 0 fully saturated rings. The summed E-state index contributed by atoms with van der Waals surface area (Å²) in [6.07, 6.45) is 3.00. The van der Waals surface area contributed by atoms with Gasteiger partial charge in [-0.15, -0.1) is 0 Å². The molecule has 0 radical (unpaired) electrons. The van der Waals surface area contributed by atoms with E-state index in [0.717, 1.165) is 0 Å². The monoisotopic (exact) mass is 258 g/mol. The van der Waals surface area contributed by atoms with Crippen LogP contribution in [0.3, 0.4) is 0 Å². The lowest BCUT2D eigenvalue weighted by Crippen LogP contribution is -2.14. The molecule has 19 heavy (non-hydrogen) atoms. The molecule has 0 saturated heterocycles. The molecule has 0 aliphatic heterocycles. The maximum absolute atomic E-state index is 12.2. The Morgan fingerprint density at radius 3 is 2.89 bits per heavy atom. The van der Waals surface area contributed by atoms with Crippen molar-refractivity contribution in [3.05, 3.63) is 47.8 Å². The lowest BCUT2D eigenvalue weighted by atomic mass is 10.1. The van der Waals surface area contributed by atoms with Crippen LogP contribution in [0.15, 0.2) is 36.7 Å². The van der Waals surface area contributed by atoms with Gasteiger partial charge in [0.1, 0.15) is 11.5 Å². The van der Waals surface area contributed by atoms with Crippen molar-refractivity contribution < 1.29 is 14.6 Å². The van der Waals surface area contributed by atoms with Crippen molar-refractivity contribution in [2.24, 2.45) is 0 Å². The number of pyridine rings is 1. The molecule has 1 aromatic carbocycles. The van der Waals surface area contributed by atoms with Crippen molar-refractivity contribution in [2.45, 2.75) is 6.92 Å². The van der Waals surface area contributed by atoms with E-state index in [9.17, 15) is 9.90 Å². The summed E-state index contributed by atoms with van der Waals surface area (Å²) in [5.74, 6) is 0.227. The maximum Gasteiger partial charge on any atom is 0.259 e. The number of nitrogens with zero attached hydrogens (tertiary/aromatic N) is 1. The molecule has 0 aliphatic carbocycles. The van der Waals surface area contributed by atoms with Crippen LogP contribution in [0.2, 0.25) is 0 Å². The number of nitrogens with one attached hydrogen (secondary N) is 1. The number of phenols is 1. The number of aromatic nitrogens is 1. The molecule has 2 rings (SSSR count). The van der Waals surface area contributed by atoms with Gasteiger partial charge in [-0.05, 0) is 25.1 Å². The molecule has 0 unspecified atom stereocenters. The smallest absolute Gasteiger partial charge is 0.259 e. The van der Waals surface area contributed by atoms with Gasteiger partial charge in [0.25, 0.3) is 5.91 Å². The average molecular weight is 258 g/mol. The topological polar surface area (TPSA) is 71.5 Å². The normalized spacial score (nSPS) is 10.0. The van der Waals surface area contributed by atoms with E-state index in [1.54, 1.807) is 31.2 Å². The Morgan fingerprint density at radius 2 is 2.16 bits per heavy atom. The van der Waals surface area contributed by atoms with Crippen LogP contribution in [-0.4, -0.2) is 23.1 Å². The standard InChI is InChI=1S/C14H14N2O3/c1-9-11(4-3-5-12(9)17)16-14(18)10-6-7-15-8-13(10)19-2/h3-8,17H,1-2H3,(H,16,18). The zero-order valence-electron chi connectivity index (χ0n) is 10.7. The van der Waals surface area contributed by atoms with Crippen LogP contribution >= 0.6 is 0 Å². The molecule has 2 N–H and O–H groups in total. The number of hydrogen-bond acceptors (Lipinski definition) is 4. The summed E-state index contributed by atoms with van der Waals surface area (Å²) in [5, 5.41) is 12.3. The third kappa shape index (κ3) is 2.65. The van der Waals surface area contributed by atoms with Crippen molar-refractivity contribution in [3.63, 3.8) is 0 Å². The number of hydrogen-bond donors (Lipinski definition) is 2. The fraction of sp³-hybridized carbons (Fsp3) is 0.143. The highest BCUT2D eigenvalue weighted by atomic mass is 16.5. The van der Waals surface area contributed by atoms with E-state index >= 15 is 0 Å². The molecular weight excluding hydrogens is 244 g/mol. The third-order valence-electron chi connectivity index (χ3n) is 2.80. The van der Waals surface area contributed by atoms with E-state index < -0.39 is 0 Å². The van der Waals surface area contributed by atoms with Gasteiger partial charge in [-0.1, -0.05) is 6.07 Å². The van der Waals surface area contributed by atoms with Gasteiger partial charge in [0, 0.05) is 17.4 Å². The first-order valence-corrected chi connectivity index (χ1v) is 5.71. The first kappa shape index (κ1) is 12.9. The van der Waals surface area contributed by atoms with Gasteiger partial charge in [0.15, 0.2) is 0 Å². The molecule has 5 heteroatoms. The van der Waals surface area contributed by atoms with Gasteiger partial charge in [0.05, 0.1) is 18.9 Å². The van der Waals surface area contributed by atoms with Crippen LogP contribution in [0.25, 0.3) is 0 Å². The molecular formula is C14H14N2O3. The molecule has 2 aromatic rings. The summed E-state index contributed by atoms with van der Waals surface area (Å²) in [7, 11) is 1.48. The molecule has 0 aliphatic rings. The molecule has 98 valence electrons. The zero-order chi connectivity index (χ0) is 13.8. The third-order valence-corrected chi connectivity index (χ3v) is 2.80. The SMILES string of the molecule is COc1cnccc1C(=O)Nc1cccc(O)c1C. The van der Waals surface area contributed by atoms with Crippen molar-refractivity contribution in [1.82, 2.24) is 4.98 Å². The average Bonchev–Trinajstić information content (AvgIpc) is 2.43. The molecule has 1 amide bonds. The molecule has 5 nitrogen and oxygen atoms in total. The summed E-state index contributed by atoms with van der Waals surface area (Å²) in [6.45, 7) is 1.73. The Labute approximate surface area is 110 Å². The van der Waals surface area contributed by atoms with Crippen molar-refractivity contribution in [2.75, 3.05) is 12.4 Å². The summed E-state index contributed by atoms with van der Waals surface area (Å²) < 4.78 is 5.09. The molecule has 1 heterocycles. The van der Waals surface area contributed by atoms with E-state index in [1.165, 1.54) is 19.5 Å². The predicted octanol–water partition coefficient (Wildman–Crippen LogP) is 2.36. The van der Waals surface area contributed by atoms with Gasteiger partial charge in [0.2, 0.25) is 0 Å². The molecule has 0 spiro atoms. The highest BCUT2D eigenvalue weighted by Crippen LogP contribution is 2.25. The Morgan fingerprint density at radius 1 is 1.37 bits per heavy atom. The van der Waals surface area contributed by atoms with Gasteiger partial charge >= 0.3 is 0 Å². The van der Waals surface area contributed by atoms with Gasteiger partial charge in [-0.3, -0.25) is 9.78 Å². The van der Waals surface area contributed by atoms with Crippen LogP contribution in [0, 0.1) is 6.92 Å². The van der Waals surface area contributed by atoms with E-state index in [-0.39, 0.29) is 11.7 Å². The maximum atomic E-state index is 12.2. The molecule has 0 saturated carbocycles. The number of amides is 1. The summed E-state index contributed by atoms with van der Waals surface area (Å²) >= 11 is 0. The number of ether oxygens (including phenoxy) is 1. The number of methoxy groups -OCH3 is 1. The molecule has 0 atom stereocenters. The minimum absolute atomic E-state index is 0.138. The van der Waals surface area contributed by atoms with E-state index in [1.807, 2.05) is 0 Å². The number of anilines is 1. The van der Waals surface area contributed by atoms with Crippen LogP contribution in [0.1, 0.15) is 15.9 Å². The van der Waals surface area contributed by atoms with Crippen molar-refractivity contribution in [1.29, 1.82) is 0 Å². The van der Waals surface area contributed by atoms with Gasteiger partial charge < -0.3 is 15.2 Å². The Balaban J connectivity index is 2.28. The highest BCUT2D eigenvalue weighted by molar-refractivity contribution is 6.06. The van der Waals surface area contributed by atoms with Crippen molar-refractivity contribution in [3.8, 4) is 11.5 Å². The Bertz CT molecular complexity index is 611. The minimum atomic E-state index is -0.312. The van der Waals surface area contributed by atoms with E-state index in [2.05, 4.69) is 10.3 Å². The summed E-state index contributed by atoms with van der Waals surface area (Å²) in [4.78, 5) is 16.0. The Hall–Kier alpha value is -2.56. The number of phenolic OH excluding ortho intramolecular Hbond substituents is 1. The second-order valence-corrected chi connectivity index (χ2v) is 3.98. The van der Waals surface area contributed by atoms with Crippen LogP contribution < -0.4 is 10.1 Å². The van der Waals surface area contributed by atoms with Gasteiger partial charge in [-0.25, -0.2) is 0 Å². The first-order valence-electron chi connectivity index (χ1n) is 5.71. The lowest BCUT2D eigenvalue weighted by molar-refractivity contribution is 0.102. The summed E-state index contributed by atoms with van der Waals surface area (Å²) in [5.41, 5.74) is 1.56. The minimum Gasteiger partial charge on any atom is -0.508 e. The summed E-state index contributed by atoms with van der Waals surface area (Å²) in [6, 6.07) is 6.53. The second-order valence-electron chi connectivity index (χ2n) is 3.98. The highest BCUT2D eigenvalue weighted by Gasteiger charge is 2.13. The quantitative estimate of drug-likeness (QED) is 0.886. The fourth-order valence-corrected chi connectivity index (χ4v) is 1.68. The van der Waals surface area contributed by atoms with Crippen molar-refractivity contribution >= 4 is 11.6 Å². The van der Waals surface area contributed by atoms with Crippen LogP contribution in [0.4, 0.5) is 5.69 Å². The lowest BCUT2D eigenvalue weighted by Gasteiger charge is -2.11. The molecule has 0 bridgehead atoms. The van der Waals surface area contributed by atoms with Crippen LogP contribution in [-0.2, 0) is 0 Å². The predicted molar refractivity (Wildman–Crippen MR) is 71.6 cm³/mol. The second kappa shape index (κ2) is 5.39. The number of carbonyl (C=O) groups is 1. The van der Waals surface area contributed by atoms with Gasteiger partial charge in [-0.2, -0.15) is 0 Å². The zero-order valence-corrected chi connectivity index (χ0v) is 10.7. The molecule has 1 aromatic heterocycles. The van der Waals surface area contributed by atoms with E-state index in [0.29, 0.717) is 22.6 Å². The number of carbonyl (C=O) groups excluding carboxylic acids is 1. The number of benzene rings is 1. The first-order chi connectivity index (χ1) is 9.13.